The average Bonchev–Trinajstić information content (AvgIpc) is 2.70. The molecule has 0 aromatic heterocycles. The van der Waals surface area contributed by atoms with Crippen molar-refractivity contribution in [3.05, 3.63) is 78.4 Å². The van der Waals surface area contributed by atoms with Crippen molar-refractivity contribution in [2.24, 2.45) is 0 Å². The van der Waals surface area contributed by atoms with Gasteiger partial charge in [0.25, 0.3) is 0 Å². The van der Waals surface area contributed by atoms with Crippen LogP contribution in [0.1, 0.15) is 16.7 Å². The Morgan fingerprint density at radius 2 is 1.62 bits per heavy atom. The van der Waals surface area contributed by atoms with Gasteiger partial charge in [-0.1, -0.05) is 55.6 Å². The highest BCUT2D eigenvalue weighted by Crippen LogP contribution is 2.18. The van der Waals surface area contributed by atoms with Crippen LogP contribution in [0, 0.1) is 0 Å². The number of hydrogen-bond donors (Lipinski definition) is 0. The molecule has 0 fully saturated rings. The Balaban J connectivity index is 2.08. The zero-order valence-electron chi connectivity index (χ0n) is 15.4. The summed E-state index contributed by atoms with van der Waals surface area (Å²) in [5.74, 6) is 0.768. The van der Waals surface area contributed by atoms with Crippen LogP contribution in [0.2, 0.25) is 6.04 Å². The zero-order chi connectivity index (χ0) is 18.8. The largest absolute Gasteiger partial charge is 0.522 e. The van der Waals surface area contributed by atoms with Crippen LogP contribution in [0.4, 0.5) is 0 Å². The predicted molar refractivity (Wildman–Crippen MR) is 108 cm³/mol. The topological polar surface area (TPSA) is 36.9 Å². The lowest BCUT2D eigenvalue weighted by molar-refractivity contribution is -0.0910. The van der Waals surface area contributed by atoms with Crippen LogP contribution in [0.25, 0.3) is 12.2 Å². The molecule has 138 valence electrons. The summed E-state index contributed by atoms with van der Waals surface area (Å²) in [6.07, 6.45) is 3.26. The third kappa shape index (κ3) is 6.27. The summed E-state index contributed by atoms with van der Waals surface area (Å²) in [7, 11) is 1.14. The predicted octanol–water partition coefficient (Wildman–Crippen LogP) is 4.41. The normalized spacial score (nSPS) is 12.0. The summed E-state index contributed by atoms with van der Waals surface area (Å²) in [6.45, 7) is 8.07. The van der Waals surface area contributed by atoms with Gasteiger partial charge >= 0.3 is 9.28 Å². The van der Waals surface area contributed by atoms with Crippen LogP contribution in [0.3, 0.4) is 0 Å². The van der Waals surface area contributed by atoms with Gasteiger partial charge in [0, 0.05) is 14.2 Å². The van der Waals surface area contributed by atoms with Gasteiger partial charge < -0.3 is 18.3 Å². The molecule has 0 heterocycles. The summed E-state index contributed by atoms with van der Waals surface area (Å²) < 4.78 is 22.9. The maximum Gasteiger partial charge on any atom is 0.387 e. The Bertz CT molecular complexity index is 713. The first-order valence-electron chi connectivity index (χ1n) is 8.46. The van der Waals surface area contributed by atoms with Crippen molar-refractivity contribution in [2.75, 3.05) is 14.2 Å². The van der Waals surface area contributed by atoms with E-state index in [1.807, 2.05) is 48.5 Å². The van der Waals surface area contributed by atoms with E-state index < -0.39 is 9.28 Å². The minimum absolute atomic E-state index is 0.353. The summed E-state index contributed by atoms with van der Waals surface area (Å²) in [5.41, 5.74) is 3.15. The zero-order valence-corrected chi connectivity index (χ0v) is 16.5. The van der Waals surface area contributed by atoms with Crippen molar-refractivity contribution in [3.63, 3.8) is 0 Å². The van der Waals surface area contributed by atoms with Crippen LogP contribution < -0.4 is 4.43 Å². The molecule has 0 radical (unpaired) electrons. The molecule has 0 aliphatic heterocycles. The second-order valence-corrected chi connectivity index (χ2v) is 7.62. The second kappa shape index (κ2) is 10.7. The molecule has 2 aromatic carbocycles. The third-order valence-electron chi connectivity index (χ3n) is 3.89. The van der Waals surface area contributed by atoms with Gasteiger partial charge in [-0.3, -0.25) is 0 Å². The summed E-state index contributed by atoms with van der Waals surface area (Å²) in [6, 6.07) is 16.4. The van der Waals surface area contributed by atoms with E-state index in [4.69, 9.17) is 18.3 Å². The van der Waals surface area contributed by atoms with E-state index in [9.17, 15) is 0 Å². The second-order valence-electron chi connectivity index (χ2n) is 5.72. The van der Waals surface area contributed by atoms with Crippen molar-refractivity contribution >= 4 is 21.4 Å². The highest BCUT2D eigenvalue weighted by atomic mass is 28.3. The van der Waals surface area contributed by atoms with Crippen LogP contribution in [-0.2, 0) is 20.5 Å². The number of benzene rings is 2. The quantitative estimate of drug-likeness (QED) is 0.434. The molecule has 0 aliphatic carbocycles. The SMILES string of the molecule is C=Cc1cccc(CO[SiH](CC(OC)OC)Oc2cccc(C=C)c2)c1. The molecule has 26 heavy (non-hydrogen) atoms. The van der Waals surface area contributed by atoms with E-state index in [2.05, 4.69) is 19.2 Å². The highest BCUT2D eigenvalue weighted by molar-refractivity contribution is 6.45. The Kier molecular flexibility index (Phi) is 8.31. The Hall–Kier alpha value is -2.18. The Morgan fingerprint density at radius 1 is 0.962 bits per heavy atom. The van der Waals surface area contributed by atoms with Crippen molar-refractivity contribution < 1.29 is 18.3 Å². The molecule has 1 unspecified atom stereocenters. The molecule has 0 saturated carbocycles. The minimum atomic E-state index is -2.09. The molecule has 1 atom stereocenters. The van der Waals surface area contributed by atoms with Crippen LogP contribution in [-0.4, -0.2) is 29.8 Å². The van der Waals surface area contributed by atoms with Crippen LogP contribution in [0.15, 0.2) is 61.7 Å². The van der Waals surface area contributed by atoms with Crippen LogP contribution >= 0.6 is 0 Å². The highest BCUT2D eigenvalue weighted by Gasteiger charge is 2.22. The maximum absolute atomic E-state index is 6.16. The lowest BCUT2D eigenvalue weighted by Gasteiger charge is -2.22. The molecule has 2 aromatic rings. The molecule has 2 rings (SSSR count). The molecule has 0 spiro atoms. The Labute approximate surface area is 157 Å². The fraction of sp³-hybridized carbons (Fsp3) is 0.238. The summed E-state index contributed by atoms with van der Waals surface area (Å²) in [4.78, 5) is 0. The van der Waals surface area contributed by atoms with Gasteiger partial charge in [-0.15, -0.1) is 0 Å². The Morgan fingerprint density at radius 3 is 2.27 bits per heavy atom. The van der Waals surface area contributed by atoms with Gasteiger partial charge in [-0.05, 0) is 34.9 Å². The minimum Gasteiger partial charge on any atom is -0.522 e. The van der Waals surface area contributed by atoms with E-state index in [1.165, 1.54) is 0 Å². The average molecular weight is 371 g/mol. The van der Waals surface area contributed by atoms with Gasteiger partial charge in [-0.2, -0.15) is 0 Å². The molecular weight excluding hydrogens is 344 g/mol. The van der Waals surface area contributed by atoms with E-state index in [0.29, 0.717) is 12.7 Å². The first-order chi connectivity index (χ1) is 12.7. The smallest absolute Gasteiger partial charge is 0.387 e. The van der Waals surface area contributed by atoms with Gasteiger partial charge in [0.2, 0.25) is 0 Å². The van der Waals surface area contributed by atoms with E-state index in [1.54, 1.807) is 20.3 Å². The molecule has 0 N–H and O–H groups in total. The maximum atomic E-state index is 6.16. The molecule has 0 saturated heterocycles. The van der Waals surface area contributed by atoms with Crippen molar-refractivity contribution in [1.29, 1.82) is 0 Å². The number of rotatable bonds is 11. The molecule has 0 amide bonds. The van der Waals surface area contributed by atoms with Crippen LogP contribution in [0.5, 0.6) is 5.75 Å². The lowest BCUT2D eigenvalue weighted by atomic mass is 10.1. The molecular formula is C21H26O4Si. The summed E-state index contributed by atoms with van der Waals surface area (Å²) in [5, 5.41) is 0. The van der Waals surface area contributed by atoms with Gasteiger partial charge in [-0.25, -0.2) is 0 Å². The molecule has 0 bridgehead atoms. The fourth-order valence-electron chi connectivity index (χ4n) is 2.46. The summed E-state index contributed by atoms with van der Waals surface area (Å²) >= 11 is 0. The standard InChI is InChI=1S/C21H26O4Si/c1-5-17-9-7-11-19(13-17)15-24-26(16-21(22-3)23-4)25-20-12-8-10-18(6-2)14-20/h5-14,21,26H,1-2,15-16H2,3-4H3. The fourth-order valence-corrected chi connectivity index (χ4v) is 4.29. The first-order valence-corrected chi connectivity index (χ1v) is 10.2. The van der Waals surface area contributed by atoms with Crippen molar-refractivity contribution in [1.82, 2.24) is 0 Å². The monoisotopic (exact) mass is 370 g/mol. The van der Waals surface area contributed by atoms with Gasteiger partial charge in [0.1, 0.15) is 5.75 Å². The molecule has 5 heteroatoms. The third-order valence-corrected chi connectivity index (χ3v) is 5.74. The van der Waals surface area contributed by atoms with Gasteiger partial charge in [0.15, 0.2) is 6.29 Å². The van der Waals surface area contributed by atoms with E-state index in [-0.39, 0.29) is 6.29 Å². The van der Waals surface area contributed by atoms with Crippen molar-refractivity contribution in [2.45, 2.75) is 18.9 Å². The van der Waals surface area contributed by atoms with Crippen molar-refractivity contribution in [3.8, 4) is 5.75 Å². The molecule has 0 aliphatic rings. The number of methoxy groups -OCH3 is 2. The molecule has 4 nitrogen and oxygen atoms in total. The first kappa shape index (κ1) is 20.1. The number of ether oxygens (including phenoxy) is 2. The van der Waals surface area contributed by atoms with Gasteiger partial charge in [0.05, 0.1) is 12.7 Å². The van der Waals surface area contributed by atoms with E-state index in [0.717, 1.165) is 22.4 Å². The van der Waals surface area contributed by atoms with E-state index >= 15 is 0 Å². The number of hydrogen-bond acceptors (Lipinski definition) is 4. The lowest BCUT2D eigenvalue weighted by Crippen LogP contribution is -2.32.